The van der Waals surface area contributed by atoms with E-state index in [1.165, 1.54) is 25.3 Å². The van der Waals surface area contributed by atoms with Crippen LogP contribution >= 0.6 is 0 Å². The number of esters is 1. The van der Waals surface area contributed by atoms with Crippen molar-refractivity contribution >= 4 is 11.9 Å². The number of ether oxygens (including phenoxy) is 3. The third kappa shape index (κ3) is 4.09. The number of fused-ring (bicyclic) bond motifs is 1. The fourth-order valence-corrected chi connectivity index (χ4v) is 3.53. The van der Waals surface area contributed by atoms with Crippen molar-refractivity contribution in [2.24, 2.45) is 0 Å². The van der Waals surface area contributed by atoms with E-state index in [4.69, 9.17) is 4.42 Å². The Bertz CT molecular complexity index is 961. The Kier molecular flexibility index (Phi) is 5.33. The van der Waals surface area contributed by atoms with Gasteiger partial charge in [0.15, 0.2) is 11.5 Å². The van der Waals surface area contributed by atoms with Crippen molar-refractivity contribution in [1.29, 1.82) is 0 Å². The average Bonchev–Trinajstić information content (AvgIpc) is 3.22. The molecule has 160 valence electrons. The smallest absolute Gasteiger partial charge is 0.463 e. The summed E-state index contributed by atoms with van der Waals surface area (Å²) in [6.07, 6.45) is -3.08. The summed E-state index contributed by atoms with van der Waals surface area (Å²) in [6.45, 7) is 2.63. The largest absolute Gasteiger partial charge is 0.586 e. The number of hydrogen-bond donors (Lipinski definition) is 0. The van der Waals surface area contributed by atoms with Gasteiger partial charge in [-0.05, 0) is 30.7 Å². The van der Waals surface area contributed by atoms with Crippen LogP contribution in [0.3, 0.4) is 0 Å². The Balaban J connectivity index is 1.40. The third-order valence-electron chi connectivity index (χ3n) is 4.96. The van der Waals surface area contributed by atoms with E-state index in [9.17, 15) is 18.4 Å². The Morgan fingerprint density at radius 1 is 1.10 bits per heavy atom. The normalized spacial score (nSPS) is 18.2. The minimum atomic E-state index is -3.78. The molecule has 3 heterocycles. The van der Waals surface area contributed by atoms with E-state index in [0.29, 0.717) is 44.9 Å². The van der Waals surface area contributed by atoms with E-state index in [1.54, 1.807) is 17.0 Å². The fourth-order valence-electron chi connectivity index (χ4n) is 3.53. The lowest BCUT2D eigenvalue weighted by molar-refractivity contribution is -0.286. The molecule has 1 aromatic carbocycles. The third-order valence-corrected chi connectivity index (χ3v) is 4.96. The van der Waals surface area contributed by atoms with Gasteiger partial charge in [-0.25, -0.2) is 4.79 Å². The Hall–Kier alpha value is -3.14. The predicted octanol–water partition coefficient (Wildman–Crippen LogP) is 2.74. The van der Waals surface area contributed by atoms with E-state index in [0.717, 1.165) is 0 Å². The van der Waals surface area contributed by atoms with Gasteiger partial charge in [0.25, 0.3) is 5.91 Å². The summed E-state index contributed by atoms with van der Waals surface area (Å²) < 4.78 is 45.9. The lowest BCUT2D eigenvalue weighted by Gasteiger charge is -2.22. The molecule has 30 heavy (non-hydrogen) atoms. The quantitative estimate of drug-likeness (QED) is 0.701. The number of alkyl halides is 2. The molecular weight excluding hydrogens is 402 g/mol. The number of amides is 1. The molecule has 0 unspecified atom stereocenters. The van der Waals surface area contributed by atoms with Gasteiger partial charge in [0, 0.05) is 26.2 Å². The summed E-state index contributed by atoms with van der Waals surface area (Å²) in [5.41, 5.74) is 0.0480. The van der Waals surface area contributed by atoms with Gasteiger partial charge in [0.1, 0.15) is 5.76 Å². The molecule has 10 heteroatoms. The zero-order chi connectivity index (χ0) is 21.3. The van der Waals surface area contributed by atoms with E-state index < -0.39 is 12.3 Å². The van der Waals surface area contributed by atoms with E-state index in [-0.39, 0.29) is 28.7 Å². The van der Waals surface area contributed by atoms with Gasteiger partial charge in [-0.3, -0.25) is 9.69 Å². The molecule has 1 fully saturated rings. The van der Waals surface area contributed by atoms with Crippen LogP contribution in [0.15, 0.2) is 34.7 Å². The minimum absolute atomic E-state index is 0.0480. The van der Waals surface area contributed by atoms with E-state index >= 15 is 0 Å². The second-order valence-electron chi connectivity index (χ2n) is 6.98. The standard InChI is InChI=1S/C20H20F2N2O6/c1-27-19(26)16-7-6-13(28-16)12-23-8-3-9-24(11-10-23)18(25)14-4-2-5-15-17(14)30-20(21,22)29-15/h2,4-7H,3,8-12H2,1H3. The number of benzene rings is 1. The molecule has 0 saturated carbocycles. The number of furan rings is 1. The molecule has 0 atom stereocenters. The van der Waals surface area contributed by atoms with Gasteiger partial charge in [-0.1, -0.05) is 6.07 Å². The molecule has 0 N–H and O–H groups in total. The number of halogens is 2. The number of nitrogens with zero attached hydrogens (tertiary/aromatic N) is 2. The zero-order valence-electron chi connectivity index (χ0n) is 16.2. The molecule has 4 rings (SSSR count). The first-order valence-corrected chi connectivity index (χ1v) is 9.44. The van der Waals surface area contributed by atoms with Crippen molar-refractivity contribution in [3.05, 3.63) is 47.4 Å². The Labute approximate surface area is 170 Å². The highest BCUT2D eigenvalue weighted by Gasteiger charge is 2.45. The Morgan fingerprint density at radius 3 is 2.73 bits per heavy atom. The van der Waals surface area contributed by atoms with Crippen LogP contribution in [0, 0.1) is 0 Å². The highest BCUT2D eigenvalue weighted by molar-refractivity contribution is 5.98. The molecule has 0 bridgehead atoms. The fraction of sp³-hybridized carbons (Fsp3) is 0.400. The van der Waals surface area contributed by atoms with Crippen molar-refractivity contribution in [3.63, 3.8) is 0 Å². The van der Waals surface area contributed by atoms with Crippen LogP contribution in [-0.2, 0) is 11.3 Å². The lowest BCUT2D eigenvalue weighted by atomic mass is 10.1. The van der Waals surface area contributed by atoms with Crippen molar-refractivity contribution in [2.45, 2.75) is 19.3 Å². The highest BCUT2D eigenvalue weighted by atomic mass is 19.3. The van der Waals surface area contributed by atoms with Gasteiger partial charge in [-0.2, -0.15) is 0 Å². The van der Waals surface area contributed by atoms with Crippen molar-refractivity contribution in [2.75, 3.05) is 33.3 Å². The molecule has 0 aliphatic carbocycles. The van der Waals surface area contributed by atoms with Crippen LogP contribution < -0.4 is 9.47 Å². The van der Waals surface area contributed by atoms with E-state index in [2.05, 4.69) is 19.1 Å². The summed E-state index contributed by atoms with van der Waals surface area (Å²) in [5.74, 6) is -0.567. The van der Waals surface area contributed by atoms with Crippen LogP contribution in [-0.4, -0.2) is 61.3 Å². The number of carbonyl (C=O) groups excluding carboxylic acids is 2. The van der Waals surface area contributed by atoms with Gasteiger partial charge >= 0.3 is 12.3 Å². The van der Waals surface area contributed by atoms with Gasteiger partial charge < -0.3 is 23.5 Å². The maximum Gasteiger partial charge on any atom is 0.586 e. The predicted molar refractivity (Wildman–Crippen MR) is 98.5 cm³/mol. The minimum Gasteiger partial charge on any atom is -0.463 e. The molecule has 8 nitrogen and oxygen atoms in total. The summed E-state index contributed by atoms with van der Waals surface area (Å²) >= 11 is 0. The lowest BCUT2D eigenvalue weighted by Crippen LogP contribution is -2.35. The monoisotopic (exact) mass is 422 g/mol. The first kappa shape index (κ1) is 20.1. The second-order valence-corrected chi connectivity index (χ2v) is 6.98. The van der Waals surface area contributed by atoms with Gasteiger partial charge in [0.2, 0.25) is 5.76 Å². The summed E-state index contributed by atoms with van der Waals surface area (Å²) in [4.78, 5) is 28.2. The molecule has 2 aliphatic rings. The molecule has 2 aliphatic heterocycles. The van der Waals surface area contributed by atoms with Crippen molar-refractivity contribution in [1.82, 2.24) is 9.80 Å². The molecule has 0 spiro atoms. The number of methoxy groups -OCH3 is 1. The molecule has 0 radical (unpaired) electrons. The molecule has 1 amide bonds. The van der Waals surface area contributed by atoms with Crippen LogP contribution in [0.25, 0.3) is 0 Å². The first-order valence-electron chi connectivity index (χ1n) is 9.44. The highest BCUT2D eigenvalue weighted by Crippen LogP contribution is 2.43. The summed E-state index contributed by atoms with van der Waals surface area (Å²) in [5, 5.41) is 0. The molecule has 1 saturated heterocycles. The van der Waals surface area contributed by atoms with E-state index in [1.807, 2.05) is 0 Å². The SMILES string of the molecule is COC(=O)c1ccc(CN2CCCN(C(=O)c3cccc4c3OC(F)(F)O4)CC2)o1. The first-order chi connectivity index (χ1) is 14.4. The number of carbonyl (C=O) groups is 2. The number of para-hydroxylation sites is 1. The van der Waals surface area contributed by atoms with Crippen LogP contribution in [0.4, 0.5) is 8.78 Å². The summed E-state index contributed by atoms with van der Waals surface area (Å²) in [6, 6.07) is 7.54. The maximum atomic E-state index is 13.4. The average molecular weight is 422 g/mol. The van der Waals surface area contributed by atoms with Crippen LogP contribution in [0.5, 0.6) is 11.5 Å². The second kappa shape index (κ2) is 7.94. The number of rotatable bonds is 4. The summed E-state index contributed by atoms with van der Waals surface area (Å²) in [7, 11) is 1.28. The Morgan fingerprint density at radius 2 is 1.93 bits per heavy atom. The molecular formula is C20H20F2N2O6. The van der Waals surface area contributed by atoms with Crippen LogP contribution in [0.1, 0.15) is 33.1 Å². The topological polar surface area (TPSA) is 81.5 Å². The number of hydrogen-bond acceptors (Lipinski definition) is 7. The van der Waals surface area contributed by atoms with Crippen LogP contribution in [0.2, 0.25) is 0 Å². The zero-order valence-corrected chi connectivity index (χ0v) is 16.2. The van der Waals surface area contributed by atoms with Gasteiger partial charge in [-0.15, -0.1) is 8.78 Å². The molecule has 1 aromatic heterocycles. The van der Waals surface area contributed by atoms with Gasteiger partial charge in [0.05, 0.1) is 19.2 Å². The van der Waals surface area contributed by atoms with Crippen molar-refractivity contribution in [3.8, 4) is 11.5 Å². The van der Waals surface area contributed by atoms with Crippen molar-refractivity contribution < 1.29 is 37.0 Å². The maximum absolute atomic E-state index is 13.4. The molecule has 2 aromatic rings.